The van der Waals surface area contributed by atoms with Crippen molar-refractivity contribution in [3.8, 4) is 5.69 Å². The summed E-state index contributed by atoms with van der Waals surface area (Å²) in [5.41, 5.74) is 12.7. The van der Waals surface area contributed by atoms with Gasteiger partial charge in [-0.15, -0.1) is 5.10 Å². The third kappa shape index (κ3) is 3.70. The van der Waals surface area contributed by atoms with Gasteiger partial charge in [0.2, 0.25) is 5.96 Å². The molecule has 0 aliphatic rings. The number of benzene rings is 1. The fraction of sp³-hybridized carbons (Fsp3) is 0.143. The first-order valence-corrected chi connectivity index (χ1v) is 6.09. The van der Waals surface area contributed by atoms with E-state index in [4.69, 9.17) is 11.5 Å². The van der Waals surface area contributed by atoms with Crippen LogP contribution in [0, 0.1) is 0 Å². The van der Waals surface area contributed by atoms with Crippen LogP contribution in [0.4, 0.5) is 0 Å². The molecule has 4 N–H and O–H groups in total. The molecule has 0 atom stereocenters. The maximum Gasteiger partial charge on any atom is 0.211 e. The predicted octanol–water partition coefficient (Wildman–Crippen LogP) is 1.67. The smallest absolute Gasteiger partial charge is 0.211 e. The van der Waals surface area contributed by atoms with Gasteiger partial charge >= 0.3 is 0 Å². The van der Waals surface area contributed by atoms with Gasteiger partial charge in [-0.3, -0.25) is 0 Å². The number of hydrogen-bond donors (Lipinski definition) is 2. The Bertz CT molecular complexity index is 565. The molecule has 2 aromatic rings. The molecule has 1 heterocycles. The Morgan fingerprint density at radius 3 is 2.63 bits per heavy atom. The van der Waals surface area contributed by atoms with Crippen LogP contribution in [0.5, 0.6) is 0 Å². The molecule has 0 aliphatic carbocycles. The van der Waals surface area contributed by atoms with Crippen LogP contribution in [0.25, 0.3) is 5.69 Å². The molecule has 0 saturated heterocycles. The summed E-state index contributed by atoms with van der Waals surface area (Å²) in [5.74, 6) is -0.0242. The maximum absolute atomic E-state index is 5.18. The lowest BCUT2D eigenvalue weighted by molar-refractivity contribution is 0.905. The van der Waals surface area contributed by atoms with E-state index < -0.39 is 0 Å². The van der Waals surface area contributed by atoms with Crippen molar-refractivity contribution >= 4 is 12.2 Å². The van der Waals surface area contributed by atoms with Gasteiger partial charge < -0.3 is 16.0 Å². The highest BCUT2D eigenvalue weighted by Crippen LogP contribution is 2.13. The number of rotatable bonds is 5. The molecule has 0 saturated carbocycles. The minimum Gasteiger partial charge on any atom is -0.369 e. The highest BCUT2D eigenvalue weighted by atomic mass is 15.3. The molecule has 0 fully saturated rings. The highest BCUT2D eigenvalue weighted by Gasteiger charge is 2.01. The third-order valence-corrected chi connectivity index (χ3v) is 2.65. The van der Waals surface area contributed by atoms with Gasteiger partial charge in [0.05, 0.1) is 0 Å². The average Bonchev–Trinajstić information content (AvgIpc) is 2.87. The van der Waals surface area contributed by atoms with Crippen LogP contribution in [0.2, 0.25) is 0 Å². The molecule has 5 nitrogen and oxygen atoms in total. The van der Waals surface area contributed by atoms with E-state index in [1.54, 1.807) is 6.21 Å². The number of aryl methyl sites for hydroxylation is 1. The van der Waals surface area contributed by atoms with E-state index in [-0.39, 0.29) is 5.96 Å². The zero-order chi connectivity index (χ0) is 13.5. The van der Waals surface area contributed by atoms with Gasteiger partial charge in [0, 0.05) is 23.8 Å². The van der Waals surface area contributed by atoms with E-state index in [1.165, 1.54) is 5.69 Å². The summed E-state index contributed by atoms with van der Waals surface area (Å²) in [6.45, 7) is 0. The molecule has 0 amide bonds. The fourth-order valence-corrected chi connectivity index (χ4v) is 1.84. The van der Waals surface area contributed by atoms with E-state index in [0.717, 1.165) is 18.5 Å². The van der Waals surface area contributed by atoms with Crippen molar-refractivity contribution in [2.75, 3.05) is 0 Å². The first kappa shape index (κ1) is 12.9. The molecular weight excluding hydrogens is 238 g/mol. The van der Waals surface area contributed by atoms with Crippen LogP contribution in [0.15, 0.2) is 58.9 Å². The first-order valence-electron chi connectivity index (χ1n) is 6.09. The maximum atomic E-state index is 5.18. The number of hydrogen-bond acceptors (Lipinski definition) is 2. The quantitative estimate of drug-likeness (QED) is 0.484. The van der Waals surface area contributed by atoms with E-state index >= 15 is 0 Å². The van der Waals surface area contributed by atoms with Gasteiger partial charge in [0.15, 0.2) is 0 Å². The molecule has 0 aliphatic heterocycles. The van der Waals surface area contributed by atoms with Gasteiger partial charge in [-0.1, -0.05) is 18.2 Å². The van der Waals surface area contributed by atoms with Crippen molar-refractivity contribution in [1.82, 2.24) is 4.57 Å². The summed E-state index contributed by atoms with van der Waals surface area (Å²) in [6.07, 6.45) is 5.43. The first-order chi connectivity index (χ1) is 9.27. The Hall–Kier alpha value is -2.56. The molecule has 5 heteroatoms. The van der Waals surface area contributed by atoms with E-state index in [2.05, 4.69) is 39.2 Å². The Kier molecular flexibility index (Phi) is 4.34. The third-order valence-electron chi connectivity index (χ3n) is 2.65. The molecule has 0 bridgehead atoms. The van der Waals surface area contributed by atoms with Gasteiger partial charge in [-0.05, 0) is 37.1 Å². The van der Waals surface area contributed by atoms with Crippen molar-refractivity contribution in [2.24, 2.45) is 21.7 Å². The number of guanidine groups is 1. The summed E-state index contributed by atoms with van der Waals surface area (Å²) >= 11 is 0. The zero-order valence-corrected chi connectivity index (χ0v) is 10.6. The second-order valence-electron chi connectivity index (χ2n) is 4.07. The molecule has 0 unspecified atom stereocenters. The van der Waals surface area contributed by atoms with Crippen molar-refractivity contribution in [1.29, 1.82) is 0 Å². The van der Waals surface area contributed by atoms with Gasteiger partial charge in [-0.25, -0.2) is 0 Å². The molecule has 19 heavy (non-hydrogen) atoms. The zero-order valence-electron chi connectivity index (χ0n) is 10.6. The number of nitrogens with zero attached hydrogens (tertiary/aromatic N) is 3. The lowest BCUT2D eigenvalue weighted by atomic mass is 10.2. The van der Waals surface area contributed by atoms with Crippen molar-refractivity contribution in [3.63, 3.8) is 0 Å². The summed E-state index contributed by atoms with van der Waals surface area (Å²) in [6, 6.07) is 14.4. The van der Waals surface area contributed by atoms with E-state index in [9.17, 15) is 0 Å². The van der Waals surface area contributed by atoms with Crippen molar-refractivity contribution in [3.05, 3.63) is 54.4 Å². The lowest BCUT2D eigenvalue weighted by Gasteiger charge is -2.07. The second-order valence-corrected chi connectivity index (χ2v) is 4.07. The van der Waals surface area contributed by atoms with E-state index in [0.29, 0.717) is 0 Å². The number of aromatic nitrogens is 1. The topological polar surface area (TPSA) is 81.7 Å². The minimum absolute atomic E-state index is 0.0242. The van der Waals surface area contributed by atoms with Gasteiger partial charge in [0.25, 0.3) is 0 Å². The Balaban J connectivity index is 2.01. The Labute approximate surface area is 112 Å². The Morgan fingerprint density at radius 1 is 1.11 bits per heavy atom. The minimum atomic E-state index is -0.0242. The summed E-state index contributed by atoms with van der Waals surface area (Å²) in [7, 11) is 0. The van der Waals surface area contributed by atoms with Gasteiger partial charge in [-0.2, -0.15) is 5.10 Å². The summed E-state index contributed by atoms with van der Waals surface area (Å²) in [4.78, 5) is 0. The highest BCUT2D eigenvalue weighted by molar-refractivity contribution is 5.76. The largest absolute Gasteiger partial charge is 0.369 e. The van der Waals surface area contributed by atoms with Crippen molar-refractivity contribution < 1.29 is 0 Å². The van der Waals surface area contributed by atoms with Crippen molar-refractivity contribution in [2.45, 2.75) is 12.8 Å². The monoisotopic (exact) mass is 255 g/mol. The van der Waals surface area contributed by atoms with Crippen LogP contribution < -0.4 is 11.5 Å². The SMILES string of the molecule is NC(N)=N/N=C/CCc1cccn1-c1ccccc1. The molecule has 0 spiro atoms. The van der Waals surface area contributed by atoms with Gasteiger partial charge in [0.1, 0.15) is 0 Å². The predicted molar refractivity (Wildman–Crippen MR) is 78.4 cm³/mol. The van der Waals surface area contributed by atoms with Crippen LogP contribution >= 0.6 is 0 Å². The molecule has 0 radical (unpaired) electrons. The molecule has 98 valence electrons. The number of nitrogens with two attached hydrogens (primary N) is 2. The van der Waals surface area contributed by atoms with Crippen LogP contribution in [0.1, 0.15) is 12.1 Å². The van der Waals surface area contributed by atoms with Crippen LogP contribution in [-0.4, -0.2) is 16.7 Å². The standard InChI is InChI=1S/C14H17N5/c15-14(16)18-17-10-4-8-13-9-5-11-19(13)12-6-2-1-3-7-12/h1-3,5-7,9-11H,4,8H2,(H4,15,16,18)/b17-10+. The second kappa shape index (κ2) is 6.39. The van der Waals surface area contributed by atoms with E-state index in [1.807, 2.05) is 24.3 Å². The summed E-state index contributed by atoms with van der Waals surface area (Å²) < 4.78 is 2.16. The number of para-hydroxylation sites is 1. The fourth-order valence-electron chi connectivity index (χ4n) is 1.84. The summed E-state index contributed by atoms with van der Waals surface area (Å²) in [5, 5.41) is 7.34. The van der Waals surface area contributed by atoms with Crippen LogP contribution in [-0.2, 0) is 6.42 Å². The van der Waals surface area contributed by atoms with Crippen LogP contribution in [0.3, 0.4) is 0 Å². The molecule has 1 aromatic heterocycles. The lowest BCUT2D eigenvalue weighted by Crippen LogP contribution is -2.21. The Morgan fingerprint density at radius 2 is 1.89 bits per heavy atom. The average molecular weight is 255 g/mol. The molecule has 1 aromatic carbocycles. The molecular formula is C14H17N5. The molecule has 2 rings (SSSR count). The normalized spacial score (nSPS) is 10.7.